The summed E-state index contributed by atoms with van der Waals surface area (Å²) in [5.74, 6) is 0.987. The predicted molar refractivity (Wildman–Crippen MR) is 52.5 cm³/mol. The topological polar surface area (TPSA) is 54.9 Å². The summed E-state index contributed by atoms with van der Waals surface area (Å²) in [6.07, 6.45) is 3.23. The summed E-state index contributed by atoms with van der Waals surface area (Å²) in [6, 6.07) is 0. The maximum atomic E-state index is 10.7. The van der Waals surface area contributed by atoms with Crippen LogP contribution in [0.25, 0.3) is 0 Å². The lowest BCUT2D eigenvalue weighted by atomic mass is 10.2. The third-order valence-corrected chi connectivity index (χ3v) is 1.51. The molecule has 0 aromatic carbocycles. The zero-order chi connectivity index (χ0) is 9.84. The molecule has 0 bridgehead atoms. The van der Waals surface area contributed by atoms with Gasteiger partial charge in [-0.3, -0.25) is 4.79 Å². The number of nitrogens with one attached hydrogen (secondary N) is 1. The first kappa shape index (κ1) is 9.64. The van der Waals surface area contributed by atoms with Crippen LogP contribution in [-0.4, -0.2) is 15.9 Å². The quantitative estimate of drug-likeness (QED) is 0.757. The smallest absolute Gasteiger partial charge is 0.221 e. The molecule has 1 aromatic rings. The molecule has 4 nitrogen and oxygen atoms in total. The van der Waals surface area contributed by atoms with Gasteiger partial charge in [0.15, 0.2) is 0 Å². The summed E-state index contributed by atoms with van der Waals surface area (Å²) < 4.78 is 0. The summed E-state index contributed by atoms with van der Waals surface area (Å²) in [5, 5.41) is 2.61. The second-order valence-electron chi connectivity index (χ2n) is 3.17. The summed E-state index contributed by atoms with van der Waals surface area (Å²) >= 11 is 0. The van der Waals surface area contributed by atoms with Gasteiger partial charge in [0.05, 0.1) is 18.1 Å². The van der Waals surface area contributed by atoms with E-state index in [1.165, 1.54) is 6.92 Å². The minimum absolute atomic E-state index is 0. The highest BCUT2D eigenvalue weighted by Crippen LogP contribution is 2.09. The maximum absolute atomic E-state index is 10.7. The second-order valence-corrected chi connectivity index (χ2v) is 3.17. The molecule has 0 spiro atoms. The molecule has 1 amide bonds. The van der Waals surface area contributed by atoms with Crippen LogP contribution in [0.5, 0.6) is 0 Å². The number of hydrogen-bond donors (Lipinski definition) is 1. The second kappa shape index (κ2) is 3.98. The molecule has 1 aromatic heterocycles. The van der Waals surface area contributed by atoms with E-state index in [-0.39, 0.29) is 7.33 Å². The van der Waals surface area contributed by atoms with Crippen molar-refractivity contribution in [3.05, 3.63) is 18.2 Å². The number of carbonyl (C=O) groups is 1. The molecular weight excluding hydrogens is 166 g/mol. The van der Waals surface area contributed by atoms with Crippen LogP contribution in [0, 0.1) is 0 Å². The van der Waals surface area contributed by atoms with Crippen LogP contribution < -0.4 is 5.32 Å². The van der Waals surface area contributed by atoms with E-state index in [1.807, 2.05) is 13.8 Å². The Morgan fingerprint density at radius 2 is 2.00 bits per heavy atom. The van der Waals surface area contributed by atoms with Gasteiger partial charge in [-0.05, 0) is 0 Å². The SMILES string of the molecule is CC(=O)Nc1cnc(C(C)C)nc1.[HH]. The molecule has 72 valence electrons. The van der Waals surface area contributed by atoms with Crippen LogP contribution in [-0.2, 0) is 4.79 Å². The molecule has 13 heavy (non-hydrogen) atoms. The van der Waals surface area contributed by atoms with Gasteiger partial charge in [-0.2, -0.15) is 0 Å². The molecule has 1 heterocycles. The Morgan fingerprint density at radius 3 is 2.38 bits per heavy atom. The van der Waals surface area contributed by atoms with Crippen molar-refractivity contribution in [1.29, 1.82) is 0 Å². The van der Waals surface area contributed by atoms with Crippen LogP contribution in [0.4, 0.5) is 5.69 Å². The molecule has 0 aliphatic heterocycles. The van der Waals surface area contributed by atoms with Crippen LogP contribution in [0.2, 0.25) is 0 Å². The average molecular weight is 181 g/mol. The first-order valence-corrected chi connectivity index (χ1v) is 4.19. The van der Waals surface area contributed by atoms with Crippen LogP contribution in [0.1, 0.15) is 33.9 Å². The van der Waals surface area contributed by atoms with Gasteiger partial charge in [0, 0.05) is 14.3 Å². The normalized spacial score (nSPS) is 10.2. The Bertz CT molecular complexity index is 297. The number of carbonyl (C=O) groups excluding carboxylic acids is 1. The van der Waals surface area contributed by atoms with E-state index >= 15 is 0 Å². The summed E-state index contributed by atoms with van der Waals surface area (Å²) in [5.41, 5.74) is 0.636. The molecule has 0 atom stereocenters. The molecular formula is C9H15N3O. The maximum Gasteiger partial charge on any atom is 0.221 e. The lowest BCUT2D eigenvalue weighted by Gasteiger charge is -2.04. The minimum atomic E-state index is -0.110. The Kier molecular flexibility index (Phi) is 2.95. The van der Waals surface area contributed by atoms with E-state index in [4.69, 9.17) is 0 Å². The summed E-state index contributed by atoms with van der Waals surface area (Å²) in [7, 11) is 0. The molecule has 0 unspecified atom stereocenters. The fourth-order valence-corrected chi connectivity index (χ4v) is 0.904. The van der Waals surface area contributed by atoms with Gasteiger partial charge in [0.25, 0.3) is 0 Å². The van der Waals surface area contributed by atoms with Gasteiger partial charge in [0.2, 0.25) is 5.91 Å². The first-order valence-electron chi connectivity index (χ1n) is 4.19. The zero-order valence-electron chi connectivity index (χ0n) is 8.03. The number of aromatic nitrogens is 2. The van der Waals surface area contributed by atoms with Gasteiger partial charge < -0.3 is 5.32 Å². The minimum Gasteiger partial charge on any atom is -0.324 e. The predicted octanol–water partition coefficient (Wildman–Crippen LogP) is 1.80. The molecule has 0 radical (unpaired) electrons. The van der Waals surface area contributed by atoms with Crippen molar-refractivity contribution in [2.24, 2.45) is 0 Å². The zero-order valence-corrected chi connectivity index (χ0v) is 8.03. The number of rotatable bonds is 2. The van der Waals surface area contributed by atoms with Crippen molar-refractivity contribution in [2.75, 3.05) is 5.32 Å². The van der Waals surface area contributed by atoms with Gasteiger partial charge in [-0.25, -0.2) is 9.97 Å². The van der Waals surface area contributed by atoms with Crippen molar-refractivity contribution >= 4 is 11.6 Å². The highest BCUT2D eigenvalue weighted by Gasteiger charge is 2.02. The fourth-order valence-electron chi connectivity index (χ4n) is 0.904. The highest BCUT2D eigenvalue weighted by molar-refractivity contribution is 5.88. The molecule has 1 rings (SSSR count). The Labute approximate surface area is 78.9 Å². The molecule has 0 aliphatic rings. The van der Waals surface area contributed by atoms with E-state index in [2.05, 4.69) is 15.3 Å². The van der Waals surface area contributed by atoms with Crippen molar-refractivity contribution in [3.63, 3.8) is 0 Å². The number of anilines is 1. The van der Waals surface area contributed by atoms with E-state index < -0.39 is 0 Å². The molecule has 0 saturated heterocycles. The standard InChI is InChI=1S/C9H13N3O.H2/c1-6(2)9-10-4-8(5-11-9)12-7(3)13;/h4-6H,1-3H3,(H,12,13);1H. The van der Waals surface area contributed by atoms with Crippen molar-refractivity contribution in [1.82, 2.24) is 9.97 Å². The third-order valence-electron chi connectivity index (χ3n) is 1.51. The van der Waals surface area contributed by atoms with E-state index in [0.717, 1.165) is 5.82 Å². The molecule has 4 heteroatoms. The summed E-state index contributed by atoms with van der Waals surface area (Å²) in [6.45, 7) is 5.50. The average Bonchev–Trinajstić information content (AvgIpc) is 2.04. The van der Waals surface area contributed by atoms with Gasteiger partial charge in [-0.15, -0.1) is 0 Å². The van der Waals surface area contributed by atoms with Crippen LogP contribution in [0.3, 0.4) is 0 Å². The molecule has 1 N–H and O–H groups in total. The van der Waals surface area contributed by atoms with Gasteiger partial charge in [-0.1, -0.05) is 13.8 Å². The monoisotopic (exact) mass is 181 g/mol. The van der Waals surface area contributed by atoms with Crippen molar-refractivity contribution in [2.45, 2.75) is 26.7 Å². The third kappa shape index (κ3) is 2.82. The van der Waals surface area contributed by atoms with Crippen molar-refractivity contribution in [3.8, 4) is 0 Å². The number of nitrogens with zero attached hydrogens (tertiary/aromatic N) is 2. The largest absolute Gasteiger partial charge is 0.324 e. The van der Waals surface area contributed by atoms with Crippen LogP contribution in [0.15, 0.2) is 12.4 Å². The Hall–Kier alpha value is -1.45. The molecule has 0 fully saturated rings. The Balaban J connectivity index is 0.00000169. The lowest BCUT2D eigenvalue weighted by molar-refractivity contribution is -0.114. The first-order chi connectivity index (χ1) is 6.09. The van der Waals surface area contributed by atoms with E-state index in [0.29, 0.717) is 11.6 Å². The Morgan fingerprint density at radius 1 is 1.46 bits per heavy atom. The fraction of sp³-hybridized carbons (Fsp3) is 0.444. The van der Waals surface area contributed by atoms with Gasteiger partial charge >= 0.3 is 0 Å². The van der Waals surface area contributed by atoms with Gasteiger partial charge in [0.1, 0.15) is 5.82 Å². The lowest BCUT2D eigenvalue weighted by Crippen LogP contribution is -2.07. The van der Waals surface area contributed by atoms with Crippen molar-refractivity contribution < 1.29 is 6.22 Å². The number of amides is 1. The summed E-state index contributed by atoms with van der Waals surface area (Å²) in [4.78, 5) is 18.9. The number of hydrogen-bond acceptors (Lipinski definition) is 3. The molecule has 0 saturated carbocycles. The van der Waals surface area contributed by atoms with E-state index in [9.17, 15) is 4.79 Å². The molecule has 0 aliphatic carbocycles. The highest BCUT2D eigenvalue weighted by atomic mass is 16.1. The van der Waals surface area contributed by atoms with E-state index in [1.54, 1.807) is 12.4 Å². The van der Waals surface area contributed by atoms with Crippen LogP contribution >= 0.6 is 0 Å².